The number of aliphatic hydroxyl groups excluding tert-OH is 1. The third-order valence-corrected chi connectivity index (χ3v) is 4.24. The highest BCUT2D eigenvalue weighted by Gasteiger charge is 2.28. The van der Waals surface area contributed by atoms with E-state index in [0.29, 0.717) is 30.2 Å². The normalized spacial score (nSPS) is 16.4. The second kappa shape index (κ2) is 7.67. The third kappa shape index (κ3) is 3.83. The molecule has 1 aliphatic rings. The van der Waals surface area contributed by atoms with Crippen molar-refractivity contribution in [1.29, 1.82) is 0 Å². The van der Waals surface area contributed by atoms with Gasteiger partial charge in [0.1, 0.15) is 23.1 Å². The lowest BCUT2D eigenvalue weighted by molar-refractivity contribution is 0.0692. The van der Waals surface area contributed by atoms with Gasteiger partial charge in [0, 0.05) is 24.8 Å². The van der Waals surface area contributed by atoms with Gasteiger partial charge in [0.05, 0.1) is 7.11 Å². The largest absolute Gasteiger partial charge is 0.497 e. The van der Waals surface area contributed by atoms with Crippen LogP contribution >= 0.6 is 0 Å². The van der Waals surface area contributed by atoms with Crippen molar-refractivity contribution in [3.05, 3.63) is 35.6 Å². The van der Waals surface area contributed by atoms with Crippen LogP contribution in [0.5, 0.6) is 5.75 Å². The van der Waals surface area contributed by atoms with Gasteiger partial charge in [-0.2, -0.15) is 0 Å². The van der Waals surface area contributed by atoms with Crippen LogP contribution in [0.3, 0.4) is 0 Å². The lowest BCUT2D eigenvalue weighted by Gasteiger charge is -2.23. The Morgan fingerprint density at radius 2 is 2.00 bits per heavy atom. The Morgan fingerprint density at radius 1 is 1.32 bits per heavy atom. The molecule has 2 N–H and O–H groups in total. The molecule has 2 aromatic rings. The topological polar surface area (TPSA) is 93.8 Å². The average molecular weight is 346 g/mol. The molecular weight excluding hydrogens is 324 g/mol. The lowest BCUT2D eigenvalue weighted by Crippen LogP contribution is -2.39. The van der Waals surface area contributed by atoms with Crippen molar-refractivity contribution in [1.82, 2.24) is 10.5 Å². The number of nitrogens with one attached hydrogen (secondary N) is 1. The summed E-state index contributed by atoms with van der Waals surface area (Å²) >= 11 is 0. The number of aliphatic hydroxyl groups is 1. The number of amides is 1. The fraction of sp³-hybridized carbons (Fsp3) is 0.444. The molecule has 0 unspecified atom stereocenters. The second-order valence-corrected chi connectivity index (χ2v) is 6.04. The highest BCUT2D eigenvalue weighted by Crippen LogP contribution is 2.30. The molecule has 7 nitrogen and oxygen atoms in total. The summed E-state index contributed by atoms with van der Waals surface area (Å²) < 4.78 is 15.7. The number of aromatic nitrogens is 1. The van der Waals surface area contributed by atoms with E-state index in [4.69, 9.17) is 14.0 Å². The van der Waals surface area contributed by atoms with Crippen molar-refractivity contribution in [2.45, 2.75) is 31.9 Å². The van der Waals surface area contributed by atoms with E-state index in [1.807, 2.05) is 0 Å². The molecule has 1 atom stereocenters. The average Bonchev–Trinajstić information content (AvgIpc) is 3.08. The van der Waals surface area contributed by atoms with Crippen LogP contribution in [-0.2, 0) is 4.74 Å². The third-order valence-electron chi connectivity index (χ3n) is 4.24. The lowest BCUT2D eigenvalue weighted by atomic mass is 10.0. The summed E-state index contributed by atoms with van der Waals surface area (Å²) in [6.45, 7) is 2.80. The summed E-state index contributed by atoms with van der Waals surface area (Å²) in [5.74, 6) is 0.571. The van der Waals surface area contributed by atoms with E-state index >= 15 is 0 Å². The van der Waals surface area contributed by atoms with Gasteiger partial charge in [0.2, 0.25) is 0 Å². The first-order chi connectivity index (χ1) is 12.1. The summed E-state index contributed by atoms with van der Waals surface area (Å²) in [6, 6.07) is 7.21. The molecule has 1 aliphatic heterocycles. The summed E-state index contributed by atoms with van der Waals surface area (Å²) in [5, 5.41) is 17.0. The minimum absolute atomic E-state index is 0.0433. The van der Waals surface area contributed by atoms with Crippen molar-refractivity contribution < 1.29 is 23.9 Å². The summed E-state index contributed by atoms with van der Waals surface area (Å²) in [6.07, 6.45) is 0.590. The fourth-order valence-electron chi connectivity index (χ4n) is 2.85. The molecule has 1 saturated heterocycles. The maximum absolute atomic E-state index is 12.8. The van der Waals surface area contributed by atoms with Gasteiger partial charge in [-0.25, -0.2) is 0 Å². The van der Waals surface area contributed by atoms with Crippen LogP contribution in [0.2, 0.25) is 0 Å². The van der Waals surface area contributed by atoms with Crippen LogP contribution < -0.4 is 10.1 Å². The first-order valence-electron chi connectivity index (χ1n) is 8.30. The van der Waals surface area contributed by atoms with E-state index in [1.165, 1.54) is 0 Å². The molecule has 2 heterocycles. The highest BCUT2D eigenvalue weighted by atomic mass is 16.5. The number of hydrogen-bond donors (Lipinski definition) is 2. The number of carbonyl (C=O) groups is 1. The van der Waals surface area contributed by atoms with E-state index in [9.17, 15) is 9.90 Å². The van der Waals surface area contributed by atoms with Gasteiger partial charge < -0.3 is 24.4 Å². The molecule has 134 valence electrons. The summed E-state index contributed by atoms with van der Waals surface area (Å²) in [5.41, 5.74) is 1.39. The maximum Gasteiger partial charge on any atom is 0.257 e. The van der Waals surface area contributed by atoms with Crippen LogP contribution in [0, 0.1) is 0 Å². The molecule has 1 aromatic carbocycles. The standard InChI is InChI=1S/C18H22N2O5/c1-11(21)17-15(18(22)19-13-7-9-24-10-8-13)16(20-25-17)12-3-5-14(23-2)6-4-12/h3-6,11,13,21H,7-10H2,1-2H3,(H,19,22)/t11-/m0/s1. The molecule has 0 radical (unpaired) electrons. The molecule has 0 saturated carbocycles. The Hall–Kier alpha value is -2.38. The Bertz CT molecular complexity index is 718. The number of rotatable bonds is 5. The first-order valence-corrected chi connectivity index (χ1v) is 8.30. The fourth-order valence-corrected chi connectivity index (χ4v) is 2.85. The van der Waals surface area contributed by atoms with Crippen LogP contribution in [0.15, 0.2) is 28.8 Å². The predicted molar refractivity (Wildman–Crippen MR) is 90.4 cm³/mol. The van der Waals surface area contributed by atoms with E-state index in [1.54, 1.807) is 38.3 Å². The zero-order valence-electron chi connectivity index (χ0n) is 14.3. The number of carbonyl (C=O) groups excluding carboxylic acids is 1. The zero-order valence-corrected chi connectivity index (χ0v) is 14.3. The van der Waals surface area contributed by atoms with E-state index in [2.05, 4.69) is 10.5 Å². The van der Waals surface area contributed by atoms with Gasteiger partial charge >= 0.3 is 0 Å². The monoisotopic (exact) mass is 346 g/mol. The van der Waals surface area contributed by atoms with Gasteiger partial charge in [-0.1, -0.05) is 5.16 Å². The van der Waals surface area contributed by atoms with Gasteiger partial charge in [0.25, 0.3) is 5.91 Å². The van der Waals surface area contributed by atoms with Crippen molar-refractivity contribution in [3.63, 3.8) is 0 Å². The predicted octanol–water partition coefficient (Wildman–Crippen LogP) is 2.31. The highest BCUT2D eigenvalue weighted by molar-refractivity contribution is 6.01. The Labute approximate surface area is 145 Å². The summed E-state index contributed by atoms with van der Waals surface area (Å²) in [4.78, 5) is 12.8. The molecular formula is C18H22N2O5. The van der Waals surface area contributed by atoms with Crippen molar-refractivity contribution in [2.75, 3.05) is 20.3 Å². The van der Waals surface area contributed by atoms with Gasteiger partial charge in [-0.05, 0) is 44.0 Å². The molecule has 0 spiro atoms. The minimum atomic E-state index is -0.935. The molecule has 25 heavy (non-hydrogen) atoms. The van der Waals surface area contributed by atoms with Crippen LogP contribution in [0.1, 0.15) is 42.0 Å². The molecule has 0 bridgehead atoms. The maximum atomic E-state index is 12.8. The number of hydrogen-bond acceptors (Lipinski definition) is 6. The van der Waals surface area contributed by atoms with Crippen LogP contribution in [-0.4, -0.2) is 42.5 Å². The number of nitrogens with zero attached hydrogens (tertiary/aromatic N) is 1. The molecule has 0 aliphatic carbocycles. The molecule has 7 heteroatoms. The Balaban J connectivity index is 1.91. The second-order valence-electron chi connectivity index (χ2n) is 6.04. The minimum Gasteiger partial charge on any atom is -0.497 e. The van der Waals surface area contributed by atoms with Gasteiger partial charge in [-0.3, -0.25) is 4.79 Å². The van der Waals surface area contributed by atoms with Gasteiger partial charge in [0.15, 0.2) is 5.76 Å². The van der Waals surface area contributed by atoms with E-state index < -0.39 is 6.10 Å². The van der Waals surface area contributed by atoms with Gasteiger partial charge in [-0.15, -0.1) is 0 Å². The first kappa shape index (κ1) is 17.4. The Kier molecular flexibility index (Phi) is 5.35. The van der Waals surface area contributed by atoms with Crippen molar-refractivity contribution in [2.24, 2.45) is 0 Å². The van der Waals surface area contributed by atoms with E-state index in [-0.39, 0.29) is 23.3 Å². The van der Waals surface area contributed by atoms with Crippen LogP contribution in [0.25, 0.3) is 11.3 Å². The number of methoxy groups -OCH3 is 1. The molecule has 1 aromatic heterocycles. The summed E-state index contributed by atoms with van der Waals surface area (Å²) in [7, 11) is 1.59. The van der Waals surface area contributed by atoms with Crippen molar-refractivity contribution >= 4 is 5.91 Å². The van der Waals surface area contributed by atoms with E-state index in [0.717, 1.165) is 12.8 Å². The van der Waals surface area contributed by atoms with Crippen LogP contribution in [0.4, 0.5) is 0 Å². The number of benzene rings is 1. The SMILES string of the molecule is COc1ccc(-c2noc([C@H](C)O)c2C(=O)NC2CCOCC2)cc1. The molecule has 1 fully saturated rings. The number of ether oxygens (including phenoxy) is 2. The smallest absolute Gasteiger partial charge is 0.257 e. The zero-order chi connectivity index (χ0) is 17.8. The van der Waals surface area contributed by atoms with Crippen molar-refractivity contribution in [3.8, 4) is 17.0 Å². The Morgan fingerprint density at radius 3 is 2.60 bits per heavy atom. The molecule has 1 amide bonds. The molecule has 3 rings (SSSR count). The quantitative estimate of drug-likeness (QED) is 0.863.